The predicted octanol–water partition coefficient (Wildman–Crippen LogP) is 1.99. The summed E-state index contributed by atoms with van der Waals surface area (Å²) in [5, 5.41) is 0. The minimum atomic E-state index is -4.32. The Kier molecular flexibility index (Phi) is 3.46. The molecule has 0 saturated heterocycles. The molecule has 0 bridgehead atoms. The van der Waals surface area contributed by atoms with Gasteiger partial charge in [-0.1, -0.05) is 0 Å². The number of aryl methyl sites for hydroxylation is 1. The number of rotatable bonds is 3. The summed E-state index contributed by atoms with van der Waals surface area (Å²) < 4.78 is 37.2. The van der Waals surface area contributed by atoms with E-state index in [1.807, 2.05) is 0 Å². The molecule has 0 aliphatic rings. The maximum Gasteiger partial charge on any atom is 0.418 e. The first-order valence-electron chi connectivity index (χ1n) is 4.27. The van der Waals surface area contributed by atoms with Gasteiger partial charge in [-0.2, -0.15) is 13.2 Å². The minimum Gasteiger partial charge on any atom is -0.330 e. The van der Waals surface area contributed by atoms with Crippen LogP contribution in [-0.2, 0) is 12.6 Å². The van der Waals surface area contributed by atoms with E-state index in [1.54, 1.807) is 0 Å². The first-order chi connectivity index (χ1) is 6.55. The van der Waals surface area contributed by atoms with Gasteiger partial charge in [0, 0.05) is 6.20 Å². The van der Waals surface area contributed by atoms with Crippen LogP contribution < -0.4 is 5.73 Å². The van der Waals surface area contributed by atoms with Crippen molar-refractivity contribution in [2.75, 3.05) is 6.54 Å². The molecule has 0 aliphatic carbocycles. The number of nitrogens with zero attached hydrogens (tertiary/aromatic N) is 1. The van der Waals surface area contributed by atoms with Gasteiger partial charge >= 0.3 is 6.18 Å². The second kappa shape index (κ2) is 4.41. The maximum absolute atomic E-state index is 12.4. The van der Waals surface area contributed by atoms with Gasteiger partial charge in [0.2, 0.25) is 0 Å². The van der Waals surface area contributed by atoms with Gasteiger partial charge in [0.15, 0.2) is 0 Å². The Morgan fingerprint density at radius 2 is 2.07 bits per heavy atom. The summed E-state index contributed by atoms with van der Waals surface area (Å²) in [7, 11) is 0. The lowest BCUT2D eigenvalue weighted by Crippen LogP contribution is -2.11. The van der Waals surface area contributed by atoms with E-state index < -0.39 is 11.7 Å². The lowest BCUT2D eigenvalue weighted by atomic mass is 10.1. The summed E-state index contributed by atoms with van der Waals surface area (Å²) in [4.78, 5) is 3.71. The van der Waals surface area contributed by atoms with Crippen LogP contribution >= 0.6 is 0 Å². The number of alkyl halides is 3. The van der Waals surface area contributed by atoms with Crippen LogP contribution in [0.25, 0.3) is 0 Å². The summed E-state index contributed by atoms with van der Waals surface area (Å²) >= 11 is 0. The molecular weight excluding hydrogens is 193 g/mol. The molecule has 78 valence electrons. The lowest BCUT2D eigenvalue weighted by Gasteiger charge is -2.10. The molecule has 0 saturated carbocycles. The zero-order valence-corrected chi connectivity index (χ0v) is 7.51. The van der Waals surface area contributed by atoms with Crippen molar-refractivity contribution in [1.82, 2.24) is 4.98 Å². The van der Waals surface area contributed by atoms with Crippen molar-refractivity contribution < 1.29 is 13.2 Å². The molecule has 1 aromatic rings. The van der Waals surface area contributed by atoms with Crippen LogP contribution in [0.2, 0.25) is 0 Å². The van der Waals surface area contributed by atoms with Gasteiger partial charge in [-0.3, -0.25) is 4.98 Å². The lowest BCUT2D eigenvalue weighted by molar-refractivity contribution is -0.138. The molecule has 0 unspecified atom stereocenters. The Morgan fingerprint density at radius 1 is 1.36 bits per heavy atom. The standard InChI is InChI=1S/C9H11F3N2/c10-9(11,12)7-3-2-6-14-8(7)4-1-5-13/h2-3,6H,1,4-5,13H2. The number of hydrogen-bond acceptors (Lipinski definition) is 2. The summed E-state index contributed by atoms with van der Waals surface area (Å²) in [6, 6.07) is 2.33. The smallest absolute Gasteiger partial charge is 0.330 e. The Labute approximate surface area is 79.9 Å². The molecule has 14 heavy (non-hydrogen) atoms. The van der Waals surface area contributed by atoms with Gasteiger partial charge in [0.1, 0.15) is 0 Å². The predicted molar refractivity (Wildman–Crippen MR) is 46.6 cm³/mol. The molecule has 1 rings (SSSR count). The van der Waals surface area contributed by atoms with Crippen LogP contribution in [0.15, 0.2) is 18.3 Å². The molecule has 0 atom stereocenters. The Hall–Kier alpha value is -1.10. The fraction of sp³-hybridized carbons (Fsp3) is 0.444. The van der Waals surface area contributed by atoms with E-state index >= 15 is 0 Å². The molecular formula is C9H11F3N2. The Morgan fingerprint density at radius 3 is 2.64 bits per heavy atom. The van der Waals surface area contributed by atoms with Gasteiger partial charge in [-0.25, -0.2) is 0 Å². The molecule has 2 N–H and O–H groups in total. The van der Waals surface area contributed by atoms with Crippen LogP contribution in [0.3, 0.4) is 0 Å². The monoisotopic (exact) mass is 204 g/mol. The second-order valence-electron chi connectivity index (χ2n) is 2.89. The van der Waals surface area contributed by atoms with E-state index in [0.29, 0.717) is 13.0 Å². The molecule has 0 fully saturated rings. The highest BCUT2D eigenvalue weighted by atomic mass is 19.4. The van der Waals surface area contributed by atoms with Crippen LogP contribution in [0.5, 0.6) is 0 Å². The molecule has 1 heterocycles. The van der Waals surface area contributed by atoms with Crippen LogP contribution in [0, 0.1) is 0 Å². The SMILES string of the molecule is NCCCc1ncccc1C(F)(F)F. The fourth-order valence-corrected chi connectivity index (χ4v) is 1.16. The van der Waals surface area contributed by atoms with Crippen molar-refractivity contribution in [3.63, 3.8) is 0 Å². The van der Waals surface area contributed by atoms with Crippen LogP contribution in [0.4, 0.5) is 13.2 Å². The molecule has 5 heteroatoms. The number of aromatic nitrogens is 1. The third kappa shape index (κ3) is 2.70. The highest BCUT2D eigenvalue weighted by Crippen LogP contribution is 2.31. The quantitative estimate of drug-likeness (QED) is 0.817. The summed E-state index contributed by atoms with van der Waals surface area (Å²) in [5.74, 6) is 0. The highest BCUT2D eigenvalue weighted by molar-refractivity contribution is 5.22. The second-order valence-corrected chi connectivity index (χ2v) is 2.89. The van der Waals surface area contributed by atoms with Gasteiger partial charge < -0.3 is 5.73 Å². The third-order valence-corrected chi connectivity index (χ3v) is 1.81. The minimum absolute atomic E-state index is 0.0745. The van der Waals surface area contributed by atoms with Crippen molar-refractivity contribution in [2.24, 2.45) is 5.73 Å². The van der Waals surface area contributed by atoms with Crippen molar-refractivity contribution in [1.29, 1.82) is 0 Å². The Bertz CT molecular complexity index is 296. The van der Waals surface area contributed by atoms with Gasteiger partial charge in [-0.15, -0.1) is 0 Å². The Balaban J connectivity index is 2.92. The molecule has 2 nitrogen and oxygen atoms in total. The molecule has 0 aromatic carbocycles. The fourth-order valence-electron chi connectivity index (χ4n) is 1.16. The largest absolute Gasteiger partial charge is 0.418 e. The van der Waals surface area contributed by atoms with E-state index in [4.69, 9.17) is 5.73 Å². The summed E-state index contributed by atoms with van der Waals surface area (Å²) in [6.07, 6.45) is -2.18. The highest BCUT2D eigenvalue weighted by Gasteiger charge is 2.33. The number of pyridine rings is 1. The van der Waals surface area contributed by atoms with Gasteiger partial charge in [-0.05, 0) is 31.5 Å². The molecule has 0 spiro atoms. The van der Waals surface area contributed by atoms with Crippen molar-refractivity contribution in [3.05, 3.63) is 29.6 Å². The molecule has 1 aromatic heterocycles. The molecule has 0 radical (unpaired) electrons. The molecule has 0 aliphatic heterocycles. The van der Waals surface area contributed by atoms with Crippen molar-refractivity contribution in [3.8, 4) is 0 Å². The zero-order chi connectivity index (χ0) is 10.6. The van der Waals surface area contributed by atoms with E-state index in [1.165, 1.54) is 12.3 Å². The maximum atomic E-state index is 12.4. The topological polar surface area (TPSA) is 38.9 Å². The van der Waals surface area contributed by atoms with Crippen molar-refractivity contribution >= 4 is 0 Å². The summed E-state index contributed by atoms with van der Waals surface area (Å²) in [5.41, 5.74) is 4.64. The van der Waals surface area contributed by atoms with Crippen molar-refractivity contribution in [2.45, 2.75) is 19.0 Å². The average Bonchev–Trinajstić information content (AvgIpc) is 2.14. The first kappa shape index (κ1) is 11.0. The number of halogens is 3. The first-order valence-corrected chi connectivity index (χ1v) is 4.27. The normalized spacial score (nSPS) is 11.7. The van der Waals surface area contributed by atoms with Gasteiger partial charge in [0.05, 0.1) is 11.3 Å². The summed E-state index contributed by atoms with van der Waals surface area (Å²) in [6.45, 7) is 0.369. The van der Waals surface area contributed by atoms with E-state index in [-0.39, 0.29) is 12.1 Å². The van der Waals surface area contributed by atoms with E-state index in [2.05, 4.69) is 4.98 Å². The van der Waals surface area contributed by atoms with Crippen LogP contribution in [-0.4, -0.2) is 11.5 Å². The third-order valence-electron chi connectivity index (χ3n) is 1.81. The van der Waals surface area contributed by atoms with Crippen LogP contribution in [0.1, 0.15) is 17.7 Å². The zero-order valence-electron chi connectivity index (χ0n) is 7.51. The average molecular weight is 204 g/mol. The van der Waals surface area contributed by atoms with E-state index in [9.17, 15) is 13.2 Å². The van der Waals surface area contributed by atoms with E-state index in [0.717, 1.165) is 6.07 Å². The molecule has 0 amide bonds. The number of nitrogens with two attached hydrogens (primary N) is 1. The number of hydrogen-bond donors (Lipinski definition) is 1. The van der Waals surface area contributed by atoms with Gasteiger partial charge in [0.25, 0.3) is 0 Å².